The number of nitrogens with one attached hydrogen (secondary N) is 1. The molecule has 1 heterocycles. The van der Waals surface area contributed by atoms with E-state index in [4.69, 9.17) is 11.6 Å². The van der Waals surface area contributed by atoms with Gasteiger partial charge >= 0.3 is 0 Å². The third-order valence-corrected chi connectivity index (χ3v) is 5.11. The van der Waals surface area contributed by atoms with Crippen LogP contribution in [0.4, 0.5) is 0 Å². The first-order valence-electron chi connectivity index (χ1n) is 6.82. The molecule has 1 aliphatic heterocycles. The molecule has 1 N–H and O–H groups in total. The molecule has 1 fully saturated rings. The van der Waals surface area contributed by atoms with E-state index in [1.54, 1.807) is 0 Å². The molecule has 1 rings (SSSR count). The van der Waals surface area contributed by atoms with E-state index >= 15 is 0 Å². The molecule has 0 aromatic carbocycles. The third kappa shape index (κ3) is 6.36. The van der Waals surface area contributed by atoms with Crippen molar-refractivity contribution in [3.8, 4) is 0 Å². The minimum atomic E-state index is -3.12. The van der Waals surface area contributed by atoms with Crippen molar-refractivity contribution in [3.63, 3.8) is 0 Å². The van der Waals surface area contributed by atoms with Crippen LogP contribution in [-0.4, -0.2) is 50.6 Å². The topological polar surface area (TPSA) is 49.4 Å². The Balaban J connectivity index is 2.25. The van der Waals surface area contributed by atoms with Crippen LogP contribution in [0.25, 0.3) is 0 Å². The highest BCUT2D eigenvalue weighted by Crippen LogP contribution is 2.11. The molecule has 1 atom stereocenters. The predicted molar refractivity (Wildman–Crippen MR) is 76.6 cm³/mol. The minimum Gasteiger partial charge on any atom is -0.299 e. The van der Waals surface area contributed by atoms with E-state index in [1.807, 2.05) is 0 Å². The summed E-state index contributed by atoms with van der Waals surface area (Å²) in [5.41, 5.74) is 0. The zero-order valence-corrected chi connectivity index (χ0v) is 12.8. The number of halogens is 1. The maximum absolute atomic E-state index is 11.7. The average Bonchev–Trinajstić information content (AvgIpc) is 2.37. The molecule has 18 heavy (non-hydrogen) atoms. The number of unbranched alkanes of at least 4 members (excludes halogenated alkanes) is 1. The second kappa shape index (κ2) is 8.35. The van der Waals surface area contributed by atoms with Gasteiger partial charge in [0.15, 0.2) is 0 Å². The smallest absolute Gasteiger partial charge is 0.211 e. The second-order valence-electron chi connectivity index (χ2n) is 5.01. The summed E-state index contributed by atoms with van der Waals surface area (Å²) in [6.07, 6.45) is 5.15. The van der Waals surface area contributed by atoms with Crippen LogP contribution in [0.5, 0.6) is 0 Å². The molecular weight excluding hydrogens is 272 g/mol. The Hall–Kier alpha value is 0.160. The van der Waals surface area contributed by atoms with Gasteiger partial charge in [0.05, 0.1) is 5.75 Å². The van der Waals surface area contributed by atoms with Crippen molar-refractivity contribution in [2.24, 2.45) is 0 Å². The van der Waals surface area contributed by atoms with Crippen LogP contribution in [0.2, 0.25) is 0 Å². The molecule has 0 aliphatic carbocycles. The summed E-state index contributed by atoms with van der Waals surface area (Å²) in [5, 5.41) is 0. The van der Waals surface area contributed by atoms with Crippen molar-refractivity contribution in [2.75, 3.05) is 31.3 Å². The first kappa shape index (κ1) is 16.2. The van der Waals surface area contributed by atoms with E-state index in [9.17, 15) is 8.42 Å². The number of nitrogens with zero attached hydrogens (tertiary/aromatic N) is 1. The van der Waals surface area contributed by atoms with Crippen LogP contribution in [0.3, 0.4) is 0 Å². The molecule has 1 unspecified atom stereocenters. The fourth-order valence-electron chi connectivity index (χ4n) is 2.19. The summed E-state index contributed by atoms with van der Waals surface area (Å²) >= 11 is 5.54. The first-order chi connectivity index (χ1) is 8.55. The predicted octanol–water partition coefficient (Wildman–Crippen LogP) is 1.80. The number of rotatable bonds is 8. The van der Waals surface area contributed by atoms with Crippen LogP contribution >= 0.6 is 11.6 Å². The van der Waals surface area contributed by atoms with Crippen LogP contribution in [0.1, 0.15) is 39.0 Å². The molecule has 0 bridgehead atoms. The summed E-state index contributed by atoms with van der Waals surface area (Å²) in [6.45, 7) is 4.79. The molecule has 0 saturated carbocycles. The zero-order chi connectivity index (χ0) is 13.4. The number of hydrogen-bond acceptors (Lipinski definition) is 3. The minimum absolute atomic E-state index is 0.187. The highest BCUT2D eigenvalue weighted by Gasteiger charge is 2.18. The molecule has 1 aliphatic rings. The molecule has 108 valence electrons. The summed E-state index contributed by atoms with van der Waals surface area (Å²) in [5.74, 6) is 0.714. The Bertz CT molecular complexity index is 316. The summed E-state index contributed by atoms with van der Waals surface area (Å²) in [4.78, 5) is 2.37. The Labute approximate surface area is 116 Å². The summed E-state index contributed by atoms with van der Waals surface area (Å²) in [7, 11) is -3.12. The second-order valence-corrected chi connectivity index (χ2v) is 7.31. The average molecular weight is 297 g/mol. The highest BCUT2D eigenvalue weighted by molar-refractivity contribution is 7.89. The molecule has 0 aromatic heterocycles. The van der Waals surface area contributed by atoms with Gasteiger partial charge in [0.2, 0.25) is 10.0 Å². The van der Waals surface area contributed by atoms with E-state index < -0.39 is 10.0 Å². The van der Waals surface area contributed by atoms with Crippen LogP contribution in [-0.2, 0) is 10.0 Å². The molecule has 0 amide bonds. The van der Waals surface area contributed by atoms with E-state index in [1.165, 1.54) is 19.3 Å². The number of piperidine rings is 1. The van der Waals surface area contributed by atoms with Gasteiger partial charge in [-0.3, -0.25) is 4.90 Å². The van der Waals surface area contributed by atoms with Crippen molar-refractivity contribution in [1.29, 1.82) is 0 Å². The van der Waals surface area contributed by atoms with E-state index in [0.717, 1.165) is 19.5 Å². The largest absolute Gasteiger partial charge is 0.299 e. The number of sulfonamides is 1. The quantitative estimate of drug-likeness (QED) is 0.549. The van der Waals surface area contributed by atoms with Crippen molar-refractivity contribution in [3.05, 3.63) is 0 Å². The van der Waals surface area contributed by atoms with Crippen LogP contribution in [0.15, 0.2) is 0 Å². The fourth-order valence-corrected chi connectivity index (χ4v) is 3.61. The van der Waals surface area contributed by atoms with Crippen molar-refractivity contribution in [1.82, 2.24) is 9.62 Å². The molecule has 1 saturated heterocycles. The van der Waals surface area contributed by atoms with Gasteiger partial charge in [-0.05, 0) is 45.7 Å². The van der Waals surface area contributed by atoms with Crippen molar-refractivity contribution >= 4 is 21.6 Å². The van der Waals surface area contributed by atoms with Gasteiger partial charge in [-0.1, -0.05) is 6.42 Å². The lowest BCUT2D eigenvalue weighted by Crippen LogP contribution is -2.44. The normalized spacial score (nSPS) is 19.9. The Morgan fingerprint density at radius 1 is 1.22 bits per heavy atom. The lowest BCUT2D eigenvalue weighted by Gasteiger charge is -2.32. The van der Waals surface area contributed by atoms with E-state index in [-0.39, 0.29) is 11.8 Å². The molecule has 0 aromatic rings. The summed E-state index contributed by atoms with van der Waals surface area (Å²) < 4.78 is 26.1. The SMILES string of the molecule is CC(CNS(=O)(=O)CCCCCl)N1CCCCC1. The maximum Gasteiger partial charge on any atom is 0.211 e. The van der Waals surface area contributed by atoms with Crippen LogP contribution < -0.4 is 4.72 Å². The number of hydrogen-bond donors (Lipinski definition) is 1. The molecule has 4 nitrogen and oxygen atoms in total. The maximum atomic E-state index is 11.7. The Morgan fingerprint density at radius 3 is 2.50 bits per heavy atom. The monoisotopic (exact) mass is 296 g/mol. The number of alkyl halides is 1. The van der Waals surface area contributed by atoms with Crippen LogP contribution in [0, 0.1) is 0 Å². The highest BCUT2D eigenvalue weighted by atomic mass is 35.5. The third-order valence-electron chi connectivity index (χ3n) is 3.41. The standard InChI is InChI=1S/C12H25ClN2O2S/c1-12(15-8-4-2-5-9-15)11-14-18(16,17)10-6-3-7-13/h12,14H,2-11H2,1H3. The molecule has 0 spiro atoms. The Kier molecular flexibility index (Phi) is 7.53. The Morgan fingerprint density at radius 2 is 1.89 bits per heavy atom. The van der Waals surface area contributed by atoms with Gasteiger partial charge in [-0.25, -0.2) is 13.1 Å². The molecule has 6 heteroatoms. The fraction of sp³-hybridized carbons (Fsp3) is 1.00. The van der Waals surface area contributed by atoms with Gasteiger partial charge in [0.1, 0.15) is 0 Å². The van der Waals surface area contributed by atoms with Crippen molar-refractivity contribution < 1.29 is 8.42 Å². The van der Waals surface area contributed by atoms with Crippen molar-refractivity contribution in [2.45, 2.75) is 45.1 Å². The van der Waals surface area contributed by atoms with Gasteiger partial charge in [0.25, 0.3) is 0 Å². The van der Waals surface area contributed by atoms with Gasteiger partial charge in [0, 0.05) is 18.5 Å². The van der Waals surface area contributed by atoms with Gasteiger partial charge in [-0.2, -0.15) is 0 Å². The zero-order valence-electron chi connectivity index (χ0n) is 11.2. The lowest BCUT2D eigenvalue weighted by atomic mass is 10.1. The first-order valence-corrected chi connectivity index (χ1v) is 9.01. The van der Waals surface area contributed by atoms with Gasteiger partial charge in [-0.15, -0.1) is 11.6 Å². The summed E-state index contributed by atoms with van der Waals surface area (Å²) in [6, 6.07) is 0.285. The lowest BCUT2D eigenvalue weighted by molar-refractivity contribution is 0.175. The number of likely N-dealkylation sites (tertiary alicyclic amines) is 1. The molecular formula is C12H25ClN2O2S. The van der Waals surface area contributed by atoms with E-state index in [0.29, 0.717) is 18.8 Å². The molecule has 0 radical (unpaired) electrons. The van der Waals surface area contributed by atoms with E-state index in [2.05, 4.69) is 16.5 Å². The van der Waals surface area contributed by atoms with Gasteiger partial charge < -0.3 is 0 Å².